The molecule has 0 saturated heterocycles. The van der Waals surface area contributed by atoms with E-state index in [9.17, 15) is 5.11 Å². The summed E-state index contributed by atoms with van der Waals surface area (Å²) in [6.45, 7) is 11.4. The molecule has 1 radical (unpaired) electrons. The van der Waals surface area contributed by atoms with E-state index in [2.05, 4.69) is 46.8 Å². The summed E-state index contributed by atoms with van der Waals surface area (Å²) in [6, 6.07) is 24.1. The molecule has 0 aromatic heterocycles. The van der Waals surface area contributed by atoms with Gasteiger partial charge in [0.05, 0.1) is 0 Å². The molecular weight excluding hydrogens is 360 g/mol. The Morgan fingerprint density at radius 2 is 1.14 bits per heavy atom. The highest BCUT2D eigenvalue weighted by Crippen LogP contribution is 2.46. The molecule has 0 aliphatic rings. The zero-order valence-electron chi connectivity index (χ0n) is 17.5. The fourth-order valence-corrected chi connectivity index (χ4v) is 5.45. The zero-order valence-corrected chi connectivity index (χ0v) is 18.3. The van der Waals surface area contributed by atoms with Gasteiger partial charge in [0.1, 0.15) is 0 Å². The Morgan fingerprint density at radius 1 is 0.714 bits per heavy atom. The maximum atomic E-state index is 13.3. The molecule has 1 nitrogen and oxygen atoms in total. The molecule has 0 amide bonds. The Labute approximate surface area is 173 Å². The Bertz CT molecular complexity index is 861. The number of benzene rings is 3. The number of hydrogen-bond acceptors (Lipinski definition) is 1. The second kappa shape index (κ2) is 8.05. The van der Waals surface area contributed by atoms with Gasteiger partial charge < -0.3 is 0 Å². The van der Waals surface area contributed by atoms with Crippen LogP contribution in [0.25, 0.3) is 22.3 Å². The molecule has 2 heteroatoms. The molecule has 3 aromatic carbocycles. The molecule has 0 heterocycles. The number of thioether (sulfide) groups is 1. The van der Waals surface area contributed by atoms with Gasteiger partial charge in [-0.15, -0.1) is 11.8 Å². The highest BCUT2D eigenvalue weighted by Gasteiger charge is 2.27. The summed E-state index contributed by atoms with van der Waals surface area (Å²) in [4.78, 5) is 1.14. The van der Waals surface area contributed by atoms with E-state index in [1.807, 2.05) is 72.4 Å². The maximum absolute atomic E-state index is 13.3. The van der Waals surface area contributed by atoms with E-state index in [4.69, 9.17) is 0 Å². The van der Waals surface area contributed by atoms with Crippen molar-refractivity contribution in [1.29, 1.82) is 0 Å². The topological polar surface area (TPSA) is 19.9 Å². The lowest BCUT2D eigenvalue weighted by molar-refractivity contribution is 0.339. The minimum atomic E-state index is 0.0740. The van der Waals surface area contributed by atoms with E-state index < -0.39 is 0 Å². The summed E-state index contributed by atoms with van der Waals surface area (Å²) in [5, 5.41) is 13.3. The van der Waals surface area contributed by atoms with Crippen molar-refractivity contribution in [2.24, 2.45) is 5.41 Å². The predicted molar refractivity (Wildman–Crippen MR) is 121 cm³/mol. The Hall–Kier alpha value is -2.19. The molecule has 0 unspecified atom stereocenters. The van der Waals surface area contributed by atoms with Crippen LogP contribution in [0.2, 0.25) is 0 Å². The molecule has 0 bridgehead atoms. The molecule has 0 saturated carbocycles. The van der Waals surface area contributed by atoms with Crippen LogP contribution in [0.1, 0.15) is 41.0 Å². The smallest absolute Gasteiger partial charge is 0.194 e. The lowest BCUT2D eigenvalue weighted by Crippen LogP contribution is -2.23. The van der Waals surface area contributed by atoms with Gasteiger partial charge in [0.25, 0.3) is 0 Å². The van der Waals surface area contributed by atoms with Crippen molar-refractivity contribution in [3.05, 3.63) is 72.8 Å². The summed E-state index contributed by atoms with van der Waals surface area (Å²) in [7, 11) is 0. The van der Waals surface area contributed by atoms with Gasteiger partial charge in [-0.3, -0.25) is 5.11 Å². The Balaban J connectivity index is 2.10. The molecule has 0 spiro atoms. The molecule has 0 aliphatic carbocycles. The first-order chi connectivity index (χ1) is 13.1. The van der Waals surface area contributed by atoms with Crippen LogP contribution in [-0.2, 0) is 5.11 Å². The second-order valence-electron chi connectivity index (χ2n) is 9.18. The van der Waals surface area contributed by atoms with Crippen LogP contribution >= 0.6 is 11.8 Å². The highest BCUT2D eigenvalue weighted by molar-refractivity contribution is 8.00. The average Bonchev–Trinajstić information content (AvgIpc) is 2.62. The van der Waals surface area contributed by atoms with E-state index in [0.29, 0.717) is 0 Å². The van der Waals surface area contributed by atoms with Gasteiger partial charge in [-0.25, -0.2) is 0 Å². The van der Waals surface area contributed by atoms with Gasteiger partial charge >= 0.3 is 0 Å². The van der Waals surface area contributed by atoms with Crippen LogP contribution in [-0.4, -0.2) is 4.75 Å². The normalized spacial score (nSPS) is 12.2. The Morgan fingerprint density at radius 3 is 1.54 bits per heavy atom. The third kappa shape index (κ3) is 5.20. The third-order valence-corrected chi connectivity index (χ3v) is 5.75. The second-order valence-corrected chi connectivity index (χ2v) is 11.0. The standard InChI is InChI=1S/C26H29OS/c1-25(2,3)18-26(4,5)28-21-16-22(19-12-8-6-9-13-19)24(27)23(17-21)20-14-10-7-11-15-20/h6-17H,18H2,1-5H3. The highest BCUT2D eigenvalue weighted by atomic mass is 32.2. The maximum Gasteiger partial charge on any atom is 0.194 e. The number of hydrogen-bond donors (Lipinski definition) is 0. The first-order valence-electron chi connectivity index (χ1n) is 9.80. The minimum absolute atomic E-state index is 0.0740. The van der Waals surface area contributed by atoms with Crippen LogP contribution in [0.4, 0.5) is 0 Å². The van der Waals surface area contributed by atoms with Crippen LogP contribution < -0.4 is 0 Å². The van der Waals surface area contributed by atoms with Crippen LogP contribution in [0.5, 0.6) is 5.75 Å². The molecule has 28 heavy (non-hydrogen) atoms. The van der Waals surface area contributed by atoms with Gasteiger partial charge in [-0.05, 0) is 35.1 Å². The summed E-state index contributed by atoms with van der Waals surface area (Å²) >= 11 is 1.86. The average molecular weight is 390 g/mol. The van der Waals surface area contributed by atoms with Crippen molar-refractivity contribution in [1.82, 2.24) is 0 Å². The van der Waals surface area contributed by atoms with E-state index in [1.165, 1.54) is 0 Å². The van der Waals surface area contributed by atoms with E-state index in [-0.39, 0.29) is 15.9 Å². The fourth-order valence-electron chi connectivity index (χ4n) is 3.96. The van der Waals surface area contributed by atoms with Gasteiger partial charge in [0, 0.05) is 20.8 Å². The van der Waals surface area contributed by atoms with E-state index >= 15 is 0 Å². The largest absolute Gasteiger partial charge is 0.289 e. The quantitative estimate of drug-likeness (QED) is 0.401. The molecule has 145 valence electrons. The monoisotopic (exact) mass is 389 g/mol. The minimum Gasteiger partial charge on any atom is -0.289 e. The van der Waals surface area contributed by atoms with Crippen LogP contribution in [0.3, 0.4) is 0 Å². The summed E-state index contributed by atoms with van der Waals surface area (Å²) in [6.07, 6.45) is 1.09. The molecule has 3 aromatic rings. The van der Waals surface area contributed by atoms with Gasteiger partial charge in [-0.2, -0.15) is 0 Å². The van der Waals surface area contributed by atoms with Gasteiger partial charge in [-0.1, -0.05) is 95.3 Å². The lowest BCUT2D eigenvalue weighted by atomic mass is 9.86. The van der Waals surface area contributed by atoms with Crippen molar-refractivity contribution < 1.29 is 5.11 Å². The molecule has 0 fully saturated rings. The Kier molecular flexibility index (Phi) is 5.90. The molecule has 0 aliphatic heterocycles. The van der Waals surface area contributed by atoms with E-state index in [1.54, 1.807) is 0 Å². The first kappa shape index (κ1) is 20.5. The van der Waals surface area contributed by atoms with Crippen molar-refractivity contribution >= 4 is 11.8 Å². The molecule has 0 atom stereocenters. The summed E-state index contributed by atoms with van der Waals surface area (Å²) in [5.41, 5.74) is 3.74. The lowest BCUT2D eigenvalue weighted by Gasteiger charge is -2.32. The molecular formula is C26H29OS. The third-order valence-electron chi connectivity index (χ3n) is 4.58. The molecule has 3 rings (SSSR count). The summed E-state index contributed by atoms with van der Waals surface area (Å²) in [5.74, 6) is 0.0929. The SMILES string of the molecule is CC(C)(C)CC(C)(C)Sc1cc(-c2ccccc2)c([O])c(-c2ccccc2)c1. The summed E-state index contributed by atoms with van der Waals surface area (Å²) < 4.78 is 0.0740. The predicted octanol–water partition coefficient (Wildman–Crippen LogP) is 8.47. The van der Waals surface area contributed by atoms with Crippen molar-refractivity contribution in [2.75, 3.05) is 0 Å². The number of rotatable bonds is 5. The van der Waals surface area contributed by atoms with Crippen LogP contribution in [0.15, 0.2) is 77.7 Å². The van der Waals surface area contributed by atoms with Crippen molar-refractivity contribution in [3.63, 3.8) is 0 Å². The van der Waals surface area contributed by atoms with Crippen LogP contribution in [0, 0.1) is 5.41 Å². The first-order valence-corrected chi connectivity index (χ1v) is 10.6. The molecule has 0 N–H and O–H groups in total. The zero-order chi connectivity index (χ0) is 20.4. The fraction of sp³-hybridized carbons (Fsp3) is 0.308. The van der Waals surface area contributed by atoms with E-state index in [0.717, 1.165) is 33.6 Å². The van der Waals surface area contributed by atoms with Crippen molar-refractivity contribution in [2.45, 2.75) is 50.7 Å². The van der Waals surface area contributed by atoms with Gasteiger partial charge in [0.2, 0.25) is 0 Å². The van der Waals surface area contributed by atoms with Crippen molar-refractivity contribution in [3.8, 4) is 28.0 Å². The van der Waals surface area contributed by atoms with Gasteiger partial charge in [0.15, 0.2) is 5.75 Å².